The Balaban J connectivity index is 1.75. The van der Waals surface area contributed by atoms with Crippen molar-refractivity contribution in [1.82, 2.24) is 20.1 Å². The number of amides is 2. The summed E-state index contributed by atoms with van der Waals surface area (Å²) in [6.45, 7) is 3.98. The highest BCUT2D eigenvalue weighted by Gasteiger charge is 2.26. The van der Waals surface area contributed by atoms with Gasteiger partial charge in [0.05, 0.1) is 7.11 Å². The summed E-state index contributed by atoms with van der Waals surface area (Å²) < 4.78 is 4.79. The molecule has 0 spiro atoms. The highest BCUT2D eigenvalue weighted by molar-refractivity contribution is 7.98. The van der Waals surface area contributed by atoms with Crippen molar-refractivity contribution in [1.29, 1.82) is 0 Å². The smallest absolute Gasteiger partial charge is 0.328 e. The van der Waals surface area contributed by atoms with Crippen LogP contribution in [0.1, 0.15) is 12.0 Å². The predicted octanol–water partition coefficient (Wildman–Crippen LogP) is 1.25. The number of nitrogens with zero attached hydrogens (tertiary/aromatic N) is 3. The third-order valence-corrected chi connectivity index (χ3v) is 5.16. The molecule has 1 aliphatic rings. The molecule has 1 aromatic heterocycles. The summed E-state index contributed by atoms with van der Waals surface area (Å²) >= 11 is 1.64. The number of carbonyl (C=O) groups excluding carboxylic acids is 2. The molecule has 0 aliphatic carbocycles. The zero-order valence-electron chi connectivity index (χ0n) is 15.5. The van der Waals surface area contributed by atoms with Crippen LogP contribution in [0.4, 0.5) is 4.79 Å². The highest BCUT2D eigenvalue weighted by atomic mass is 32.2. The van der Waals surface area contributed by atoms with Crippen LogP contribution < -0.4 is 5.32 Å². The highest BCUT2D eigenvalue weighted by Crippen LogP contribution is 2.07. The first-order valence-corrected chi connectivity index (χ1v) is 10.3. The van der Waals surface area contributed by atoms with E-state index in [4.69, 9.17) is 4.74 Å². The van der Waals surface area contributed by atoms with Crippen LogP contribution in [0.15, 0.2) is 24.5 Å². The van der Waals surface area contributed by atoms with Crippen molar-refractivity contribution in [2.75, 3.05) is 51.8 Å². The average molecular weight is 381 g/mol. The van der Waals surface area contributed by atoms with Gasteiger partial charge in [-0.05, 0) is 42.5 Å². The molecule has 0 aromatic carbocycles. The van der Waals surface area contributed by atoms with Crippen LogP contribution in [0.3, 0.4) is 0 Å². The largest absolute Gasteiger partial charge is 0.467 e. The second-order valence-corrected chi connectivity index (χ2v) is 7.23. The van der Waals surface area contributed by atoms with Crippen LogP contribution >= 0.6 is 11.8 Å². The van der Waals surface area contributed by atoms with E-state index in [1.165, 1.54) is 12.7 Å². The first-order chi connectivity index (χ1) is 12.6. The molecule has 26 heavy (non-hydrogen) atoms. The lowest BCUT2D eigenvalue weighted by molar-refractivity contribution is -0.142. The minimum atomic E-state index is -0.579. The molecule has 2 amide bonds. The number of aromatic nitrogens is 1. The molecule has 0 unspecified atom stereocenters. The lowest BCUT2D eigenvalue weighted by Gasteiger charge is -2.35. The summed E-state index contributed by atoms with van der Waals surface area (Å²) in [7, 11) is 1.35. The van der Waals surface area contributed by atoms with E-state index >= 15 is 0 Å². The molecule has 1 N–H and O–H groups in total. The molecule has 144 valence electrons. The number of methoxy groups -OCH3 is 1. The molecule has 1 atom stereocenters. The Morgan fingerprint density at radius 2 is 1.96 bits per heavy atom. The molecule has 1 aromatic rings. The molecular weight excluding hydrogens is 352 g/mol. The van der Waals surface area contributed by atoms with Gasteiger partial charge >= 0.3 is 12.0 Å². The van der Waals surface area contributed by atoms with Crippen LogP contribution in [-0.2, 0) is 16.0 Å². The number of rotatable bonds is 8. The molecule has 1 fully saturated rings. The van der Waals surface area contributed by atoms with Gasteiger partial charge in [-0.2, -0.15) is 11.8 Å². The normalized spacial score (nSPS) is 16.2. The first kappa shape index (κ1) is 20.5. The monoisotopic (exact) mass is 380 g/mol. The second kappa shape index (κ2) is 11.0. The van der Waals surface area contributed by atoms with E-state index < -0.39 is 6.04 Å². The summed E-state index contributed by atoms with van der Waals surface area (Å²) in [5, 5.41) is 2.82. The van der Waals surface area contributed by atoms with Gasteiger partial charge < -0.3 is 15.0 Å². The van der Waals surface area contributed by atoms with Gasteiger partial charge in [-0.25, -0.2) is 9.59 Å². The number of thioether (sulfide) groups is 1. The maximum Gasteiger partial charge on any atom is 0.328 e. The van der Waals surface area contributed by atoms with Crippen LogP contribution in [0, 0.1) is 0 Å². The Bertz CT molecular complexity index is 565. The zero-order chi connectivity index (χ0) is 18.8. The van der Waals surface area contributed by atoms with Crippen molar-refractivity contribution in [3.8, 4) is 0 Å². The molecule has 2 heterocycles. The van der Waals surface area contributed by atoms with Crippen molar-refractivity contribution < 1.29 is 14.3 Å². The number of piperazine rings is 1. The molecule has 0 saturated carbocycles. The van der Waals surface area contributed by atoms with E-state index in [1.807, 2.05) is 30.8 Å². The van der Waals surface area contributed by atoms with E-state index in [0.29, 0.717) is 19.5 Å². The van der Waals surface area contributed by atoms with E-state index in [0.717, 1.165) is 31.8 Å². The lowest BCUT2D eigenvalue weighted by Crippen LogP contribution is -2.55. The summed E-state index contributed by atoms with van der Waals surface area (Å²) in [6, 6.07) is 3.30. The number of ether oxygens (including phenoxy) is 1. The summed E-state index contributed by atoms with van der Waals surface area (Å²) in [5.41, 5.74) is 1.27. The summed E-state index contributed by atoms with van der Waals surface area (Å²) in [4.78, 5) is 32.4. The predicted molar refractivity (Wildman–Crippen MR) is 103 cm³/mol. The van der Waals surface area contributed by atoms with Gasteiger partial charge in [0.2, 0.25) is 0 Å². The third kappa shape index (κ3) is 6.49. The number of hydrogen-bond acceptors (Lipinski definition) is 6. The number of esters is 1. The average Bonchev–Trinajstić information content (AvgIpc) is 2.70. The molecule has 1 saturated heterocycles. The number of carbonyl (C=O) groups is 2. The van der Waals surface area contributed by atoms with Crippen molar-refractivity contribution in [2.45, 2.75) is 18.9 Å². The Kier molecular flexibility index (Phi) is 8.70. The van der Waals surface area contributed by atoms with Crippen molar-refractivity contribution in [2.24, 2.45) is 0 Å². The number of urea groups is 1. The Hall–Kier alpha value is -1.80. The SMILES string of the molecule is COC(=O)[C@@H](CCSC)NC(=O)N1CCN(CCc2ccncc2)CC1. The summed E-state index contributed by atoms with van der Waals surface area (Å²) in [5.74, 6) is 0.409. The topological polar surface area (TPSA) is 74.8 Å². The van der Waals surface area contributed by atoms with Crippen molar-refractivity contribution in [3.05, 3.63) is 30.1 Å². The van der Waals surface area contributed by atoms with Crippen LogP contribution in [0.2, 0.25) is 0 Å². The fraction of sp³-hybridized carbons (Fsp3) is 0.611. The van der Waals surface area contributed by atoms with E-state index in [2.05, 4.69) is 15.2 Å². The molecule has 8 heteroatoms. The number of nitrogens with one attached hydrogen (secondary N) is 1. The second-order valence-electron chi connectivity index (χ2n) is 6.24. The van der Waals surface area contributed by atoms with Gasteiger partial charge in [-0.1, -0.05) is 0 Å². The van der Waals surface area contributed by atoms with Gasteiger partial charge in [0.25, 0.3) is 0 Å². The van der Waals surface area contributed by atoms with Gasteiger partial charge in [0, 0.05) is 45.1 Å². The standard InChI is InChI=1S/C18H28N4O3S/c1-25-17(23)16(6-14-26-2)20-18(24)22-12-10-21(11-13-22)9-5-15-3-7-19-8-4-15/h3-4,7-8,16H,5-6,9-14H2,1-2H3,(H,20,24)/t16-/m1/s1. The quantitative estimate of drug-likeness (QED) is 0.684. The molecule has 1 aliphatic heterocycles. The molecule has 0 bridgehead atoms. The first-order valence-electron chi connectivity index (χ1n) is 8.87. The zero-order valence-corrected chi connectivity index (χ0v) is 16.3. The third-order valence-electron chi connectivity index (χ3n) is 4.52. The fourth-order valence-electron chi connectivity index (χ4n) is 2.88. The van der Waals surface area contributed by atoms with E-state index in [-0.39, 0.29) is 12.0 Å². The minimum absolute atomic E-state index is 0.185. The van der Waals surface area contributed by atoms with Gasteiger partial charge in [0.15, 0.2) is 0 Å². The molecule has 2 rings (SSSR count). The Morgan fingerprint density at radius 1 is 1.27 bits per heavy atom. The van der Waals surface area contributed by atoms with Crippen molar-refractivity contribution >= 4 is 23.8 Å². The number of hydrogen-bond donors (Lipinski definition) is 1. The Labute approximate surface area is 159 Å². The molecular formula is C18H28N4O3S. The minimum Gasteiger partial charge on any atom is -0.467 e. The van der Waals surface area contributed by atoms with Gasteiger partial charge in [-0.3, -0.25) is 9.88 Å². The van der Waals surface area contributed by atoms with E-state index in [1.54, 1.807) is 16.7 Å². The Morgan fingerprint density at radius 3 is 2.58 bits per heavy atom. The molecule has 7 nitrogen and oxygen atoms in total. The number of pyridine rings is 1. The molecule has 0 radical (unpaired) electrons. The van der Waals surface area contributed by atoms with E-state index in [9.17, 15) is 9.59 Å². The maximum absolute atomic E-state index is 12.5. The lowest BCUT2D eigenvalue weighted by atomic mass is 10.2. The van der Waals surface area contributed by atoms with Gasteiger partial charge in [0.1, 0.15) is 6.04 Å². The summed E-state index contributed by atoms with van der Waals surface area (Å²) in [6.07, 6.45) is 7.15. The van der Waals surface area contributed by atoms with Crippen molar-refractivity contribution in [3.63, 3.8) is 0 Å². The van der Waals surface area contributed by atoms with Gasteiger partial charge in [-0.15, -0.1) is 0 Å². The van der Waals surface area contributed by atoms with Crippen LogP contribution in [0.5, 0.6) is 0 Å². The van der Waals surface area contributed by atoms with Crippen LogP contribution in [0.25, 0.3) is 0 Å². The fourth-order valence-corrected chi connectivity index (χ4v) is 3.35. The van der Waals surface area contributed by atoms with Crippen LogP contribution in [-0.4, -0.2) is 84.7 Å². The maximum atomic E-state index is 12.5.